The van der Waals surface area contributed by atoms with Crippen molar-refractivity contribution in [2.24, 2.45) is 16.7 Å². The Bertz CT molecular complexity index is 444. The van der Waals surface area contributed by atoms with Gasteiger partial charge in [0.25, 0.3) is 0 Å². The maximum atomic E-state index is 9.45. The number of benzene rings is 1. The van der Waals surface area contributed by atoms with E-state index in [1.165, 1.54) is 50.5 Å². The molecule has 1 atom stereocenters. The third kappa shape index (κ3) is 9.35. The van der Waals surface area contributed by atoms with E-state index in [-0.39, 0.29) is 0 Å². The minimum atomic E-state index is 0.337. The maximum absolute atomic E-state index is 9.45. The molecular formula is C23H40O. The van der Waals surface area contributed by atoms with Gasteiger partial charge >= 0.3 is 0 Å². The van der Waals surface area contributed by atoms with E-state index in [9.17, 15) is 5.11 Å². The molecule has 0 bridgehead atoms. The van der Waals surface area contributed by atoms with Crippen LogP contribution in [-0.4, -0.2) is 5.11 Å². The molecule has 1 N–H and O–H groups in total. The van der Waals surface area contributed by atoms with Gasteiger partial charge in [0.1, 0.15) is 5.75 Å². The van der Waals surface area contributed by atoms with Gasteiger partial charge in [0.05, 0.1) is 0 Å². The van der Waals surface area contributed by atoms with Gasteiger partial charge in [-0.2, -0.15) is 0 Å². The Kier molecular flexibility index (Phi) is 8.33. The van der Waals surface area contributed by atoms with Crippen LogP contribution in [0.5, 0.6) is 5.75 Å². The first-order valence-electron chi connectivity index (χ1n) is 9.86. The van der Waals surface area contributed by atoms with Crippen LogP contribution in [0.4, 0.5) is 0 Å². The first-order chi connectivity index (χ1) is 11.1. The van der Waals surface area contributed by atoms with Crippen LogP contribution in [0.3, 0.4) is 0 Å². The fraction of sp³-hybridized carbons (Fsp3) is 0.739. The molecule has 138 valence electrons. The van der Waals surface area contributed by atoms with Crippen LogP contribution in [0.15, 0.2) is 24.3 Å². The molecule has 0 aliphatic rings. The first kappa shape index (κ1) is 21.1. The Balaban J connectivity index is 2.33. The largest absolute Gasteiger partial charge is 0.508 e. The third-order valence-corrected chi connectivity index (χ3v) is 5.12. The van der Waals surface area contributed by atoms with E-state index in [0.29, 0.717) is 22.5 Å². The van der Waals surface area contributed by atoms with Crippen LogP contribution in [-0.2, 0) is 6.42 Å². The summed E-state index contributed by atoms with van der Waals surface area (Å²) in [5.41, 5.74) is 2.17. The fourth-order valence-corrected chi connectivity index (χ4v) is 3.33. The van der Waals surface area contributed by atoms with Gasteiger partial charge in [-0.05, 0) is 53.7 Å². The molecule has 0 aliphatic carbocycles. The van der Waals surface area contributed by atoms with Crippen molar-refractivity contribution in [3.05, 3.63) is 29.8 Å². The smallest absolute Gasteiger partial charge is 0.115 e. The van der Waals surface area contributed by atoms with Gasteiger partial charge in [-0.25, -0.2) is 0 Å². The van der Waals surface area contributed by atoms with Gasteiger partial charge in [0.15, 0.2) is 0 Å². The highest BCUT2D eigenvalue weighted by Crippen LogP contribution is 2.33. The second-order valence-corrected chi connectivity index (χ2v) is 9.80. The Labute approximate surface area is 150 Å². The molecule has 0 heterocycles. The Hall–Kier alpha value is -0.980. The van der Waals surface area contributed by atoms with Crippen molar-refractivity contribution in [3.63, 3.8) is 0 Å². The average Bonchev–Trinajstić information content (AvgIpc) is 2.44. The van der Waals surface area contributed by atoms with E-state index in [2.05, 4.69) is 53.7 Å². The lowest BCUT2D eigenvalue weighted by Crippen LogP contribution is -2.22. The summed E-state index contributed by atoms with van der Waals surface area (Å²) < 4.78 is 0. The minimum Gasteiger partial charge on any atom is -0.508 e. The lowest BCUT2D eigenvalue weighted by molar-refractivity contribution is 0.218. The quantitative estimate of drug-likeness (QED) is 0.468. The highest BCUT2D eigenvalue weighted by Gasteiger charge is 2.24. The van der Waals surface area contributed by atoms with Gasteiger partial charge in [-0.1, -0.05) is 85.8 Å². The summed E-state index contributed by atoms with van der Waals surface area (Å²) in [5, 5.41) is 9.45. The Morgan fingerprint density at radius 3 is 1.88 bits per heavy atom. The van der Waals surface area contributed by atoms with Gasteiger partial charge in [0, 0.05) is 0 Å². The molecule has 0 saturated heterocycles. The van der Waals surface area contributed by atoms with Crippen molar-refractivity contribution < 1.29 is 5.11 Å². The van der Waals surface area contributed by atoms with Gasteiger partial charge in [-0.3, -0.25) is 0 Å². The maximum Gasteiger partial charge on any atom is 0.115 e. The number of hydrogen-bond acceptors (Lipinski definition) is 1. The number of rotatable bonds is 9. The predicted molar refractivity (Wildman–Crippen MR) is 107 cm³/mol. The molecule has 1 nitrogen and oxygen atoms in total. The summed E-state index contributed by atoms with van der Waals surface area (Å²) >= 11 is 0. The van der Waals surface area contributed by atoms with Crippen LogP contribution in [0.2, 0.25) is 0 Å². The summed E-state index contributed by atoms with van der Waals surface area (Å²) in [7, 11) is 0. The summed E-state index contributed by atoms with van der Waals surface area (Å²) in [6.07, 6.45) is 10.6. The number of hydrogen-bond donors (Lipinski definition) is 1. The van der Waals surface area contributed by atoms with Crippen LogP contribution < -0.4 is 0 Å². The summed E-state index contributed by atoms with van der Waals surface area (Å²) in [6, 6.07) is 7.76. The summed E-state index contributed by atoms with van der Waals surface area (Å²) in [5.74, 6) is 1.07. The molecule has 0 radical (unpaired) electrons. The van der Waals surface area contributed by atoms with Gasteiger partial charge in [-0.15, -0.1) is 0 Å². The first-order valence-corrected chi connectivity index (χ1v) is 9.86. The van der Waals surface area contributed by atoms with E-state index < -0.39 is 0 Å². The normalized spacial score (nSPS) is 13.9. The van der Waals surface area contributed by atoms with Crippen LogP contribution in [0, 0.1) is 16.7 Å². The topological polar surface area (TPSA) is 20.2 Å². The number of aromatic hydroxyl groups is 1. The van der Waals surface area contributed by atoms with E-state index in [1.54, 1.807) is 0 Å². The lowest BCUT2D eigenvalue weighted by atomic mass is 9.74. The van der Waals surface area contributed by atoms with Gasteiger partial charge < -0.3 is 5.11 Å². The molecule has 0 fully saturated rings. The molecule has 1 heteroatoms. The average molecular weight is 333 g/mol. The predicted octanol–water partition coefficient (Wildman–Crippen LogP) is 7.37. The summed E-state index contributed by atoms with van der Waals surface area (Å²) in [4.78, 5) is 0. The van der Waals surface area contributed by atoms with E-state index >= 15 is 0 Å². The molecule has 1 aromatic carbocycles. The van der Waals surface area contributed by atoms with Gasteiger partial charge in [0.2, 0.25) is 0 Å². The number of unbranched alkanes of at least 4 members (excludes halogenated alkanes) is 4. The number of phenols is 1. The Morgan fingerprint density at radius 2 is 1.33 bits per heavy atom. The van der Waals surface area contributed by atoms with Crippen LogP contribution in [0.1, 0.15) is 92.1 Å². The fourth-order valence-electron chi connectivity index (χ4n) is 3.33. The van der Waals surface area contributed by atoms with E-state index in [1.807, 2.05) is 12.1 Å². The zero-order valence-corrected chi connectivity index (χ0v) is 17.0. The third-order valence-electron chi connectivity index (χ3n) is 5.12. The van der Waals surface area contributed by atoms with Crippen molar-refractivity contribution >= 4 is 0 Å². The molecule has 1 aromatic rings. The van der Waals surface area contributed by atoms with Crippen molar-refractivity contribution in [2.45, 2.75) is 92.9 Å². The molecule has 1 rings (SSSR count). The molecule has 24 heavy (non-hydrogen) atoms. The minimum absolute atomic E-state index is 0.337. The lowest BCUT2D eigenvalue weighted by Gasteiger charge is -2.31. The standard InChI is InChI=1S/C23H40O/c1-22(2,3)17-11-9-7-8-10-12-20(23(4,5)6)18-19-13-15-21(24)16-14-19/h13-16,20,24H,7-12,17-18H2,1-6H3. The molecule has 0 amide bonds. The molecule has 0 saturated carbocycles. The van der Waals surface area contributed by atoms with E-state index in [0.717, 1.165) is 6.42 Å². The van der Waals surface area contributed by atoms with Crippen LogP contribution >= 0.6 is 0 Å². The molecule has 0 spiro atoms. The van der Waals surface area contributed by atoms with E-state index in [4.69, 9.17) is 0 Å². The summed E-state index contributed by atoms with van der Waals surface area (Å²) in [6.45, 7) is 14.1. The second-order valence-electron chi connectivity index (χ2n) is 9.80. The molecular weight excluding hydrogens is 292 g/mol. The molecule has 0 aliphatic heterocycles. The van der Waals surface area contributed by atoms with Crippen molar-refractivity contribution in [2.75, 3.05) is 0 Å². The second kappa shape index (κ2) is 9.49. The molecule has 0 aromatic heterocycles. The van der Waals surface area contributed by atoms with Crippen LogP contribution in [0.25, 0.3) is 0 Å². The molecule has 1 unspecified atom stereocenters. The monoisotopic (exact) mass is 332 g/mol. The zero-order valence-electron chi connectivity index (χ0n) is 17.0. The Morgan fingerprint density at radius 1 is 0.792 bits per heavy atom. The van der Waals surface area contributed by atoms with Crippen molar-refractivity contribution in [3.8, 4) is 5.75 Å². The highest BCUT2D eigenvalue weighted by molar-refractivity contribution is 5.26. The van der Waals surface area contributed by atoms with Crippen molar-refractivity contribution in [1.82, 2.24) is 0 Å². The van der Waals surface area contributed by atoms with Crippen molar-refractivity contribution in [1.29, 1.82) is 0 Å². The highest BCUT2D eigenvalue weighted by atomic mass is 16.3. The zero-order chi connectivity index (χ0) is 18.2. The SMILES string of the molecule is CC(C)(C)CCCCCCCC(Cc1ccc(O)cc1)C(C)(C)C. The number of phenolic OH excluding ortho intramolecular Hbond substituents is 1.